The minimum atomic E-state index is -0.629. The van der Waals surface area contributed by atoms with E-state index in [4.69, 9.17) is 15.7 Å². The molecule has 0 heterocycles. The minimum Gasteiger partial charge on any atom is -0.409 e. The van der Waals surface area contributed by atoms with E-state index < -0.39 is 5.82 Å². The molecule has 21 heavy (non-hydrogen) atoms. The largest absolute Gasteiger partial charge is 0.409 e. The molecule has 1 aliphatic carbocycles. The van der Waals surface area contributed by atoms with Gasteiger partial charge in [0.25, 0.3) is 0 Å². The van der Waals surface area contributed by atoms with Gasteiger partial charge >= 0.3 is 0 Å². The van der Waals surface area contributed by atoms with Crippen molar-refractivity contribution in [3.05, 3.63) is 29.6 Å². The number of rotatable bonds is 5. The second-order valence-corrected chi connectivity index (χ2v) is 5.15. The number of benzene rings is 1. The molecule has 1 saturated carbocycles. The number of hydrogen-bond acceptors (Lipinski definition) is 4. The van der Waals surface area contributed by atoms with Crippen LogP contribution in [0.1, 0.15) is 31.2 Å². The van der Waals surface area contributed by atoms with E-state index in [0.29, 0.717) is 5.69 Å². The average Bonchev–Trinajstić information content (AvgIpc) is 2.44. The monoisotopic (exact) mass is 295 g/mol. The van der Waals surface area contributed by atoms with Gasteiger partial charge in [0, 0.05) is 12.8 Å². The van der Waals surface area contributed by atoms with Crippen molar-refractivity contribution in [2.24, 2.45) is 10.9 Å². The Morgan fingerprint density at radius 3 is 2.81 bits per heavy atom. The van der Waals surface area contributed by atoms with Crippen LogP contribution in [-0.4, -0.2) is 29.7 Å². The van der Waals surface area contributed by atoms with Crippen LogP contribution in [0.25, 0.3) is 0 Å². The van der Waals surface area contributed by atoms with E-state index in [1.165, 1.54) is 12.1 Å². The van der Waals surface area contributed by atoms with Crippen molar-refractivity contribution in [3.8, 4) is 0 Å². The van der Waals surface area contributed by atoms with Crippen molar-refractivity contribution in [3.63, 3.8) is 0 Å². The summed E-state index contributed by atoms with van der Waals surface area (Å²) in [5, 5.41) is 14.0. The first-order chi connectivity index (χ1) is 9.99. The molecule has 0 aliphatic heterocycles. The molecule has 0 saturated heterocycles. The Morgan fingerprint density at radius 2 is 2.29 bits per heavy atom. The first-order valence-corrected chi connectivity index (χ1v) is 6.62. The quantitative estimate of drug-likeness (QED) is 0.334. The van der Waals surface area contributed by atoms with Crippen molar-refractivity contribution in [2.45, 2.75) is 31.3 Å². The van der Waals surface area contributed by atoms with Crippen LogP contribution >= 0.6 is 0 Å². The van der Waals surface area contributed by atoms with Crippen LogP contribution in [0, 0.1) is 5.82 Å². The number of anilines is 1. The second-order valence-electron chi connectivity index (χ2n) is 5.15. The van der Waals surface area contributed by atoms with E-state index in [9.17, 15) is 9.18 Å². The van der Waals surface area contributed by atoms with Crippen molar-refractivity contribution in [1.29, 1.82) is 0 Å². The Hall–Kier alpha value is -2.15. The summed E-state index contributed by atoms with van der Waals surface area (Å²) >= 11 is 0. The van der Waals surface area contributed by atoms with Gasteiger partial charge < -0.3 is 21.0 Å². The van der Waals surface area contributed by atoms with Gasteiger partial charge in [-0.05, 0) is 37.5 Å². The van der Waals surface area contributed by atoms with Gasteiger partial charge in [0.2, 0.25) is 5.91 Å². The predicted molar refractivity (Wildman–Crippen MR) is 75.7 cm³/mol. The van der Waals surface area contributed by atoms with Gasteiger partial charge in [-0.15, -0.1) is 0 Å². The molecule has 1 aliphatic rings. The number of hydrogen-bond donors (Lipinski definition) is 3. The second kappa shape index (κ2) is 6.09. The highest BCUT2D eigenvalue weighted by Gasteiger charge is 2.38. The minimum absolute atomic E-state index is 0.0691. The lowest BCUT2D eigenvalue weighted by Gasteiger charge is -2.39. The SMILES string of the molecule is COC1(CC(=O)Nc2ccc(F)c(/C(N)=N/O)c2)CCC1. The van der Waals surface area contributed by atoms with Crippen LogP contribution in [0.2, 0.25) is 0 Å². The molecule has 1 fully saturated rings. The number of nitrogens with zero attached hydrogens (tertiary/aromatic N) is 1. The summed E-state index contributed by atoms with van der Waals surface area (Å²) in [4.78, 5) is 12.0. The van der Waals surface area contributed by atoms with Gasteiger partial charge in [0.1, 0.15) is 5.82 Å². The highest BCUT2D eigenvalue weighted by Crippen LogP contribution is 2.38. The molecule has 0 radical (unpaired) electrons. The van der Waals surface area contributed by atoms with Crippen LogP contribution in [0.15, 0.2) is 23.4 Å². The van der Waals surface area contributed by atoms with E-state index in [1.807, 2.05) is 0 Å². The summed E-state index contributed by atoms with van der Waals surface area (Å²) in [6.45, 7) is 0. The van der Waals surface area contributed by atoms with Crippen LogP contribution in [0.4, 0.5) is 10.1 Å². The number of nitrogens with one attached hydrogen (secondary N) is 1. The predicted octanol–water partition coefficient (Wildman–Crippen LogP) is 1.82. The number of amidine groups is 1. The maximum absolute atomic E-state index is 13.5. The molecule has 1 amide bonds. The Kier molecular flexibility index (Phi) is 4.42. The third kappa shape index (κ3) is 3.30. The Bertz CT molecular complexity index is 565. The lowest BCUT2D eigenvalue weighted by Crippen LogP contribution is -2.42. The number of ether oxygens (including phenoxy) is 1. The van der Waals surface area contributed by atoms with Crippen molar-refractivity contribution in [2.75, 3.05) is 12.4 Å². The standard InChI is InChI=1S/C14H18FN3O3/c1-21-14(5-2-6-14)8-12(19)17-9-3-4-11(15)10(7-9)13(16)18-20/h3-4,7,20H,2,5-6,8H2,1H3,(H2,16,18)(H,17,19). The first kappa shape index (κ1) is 15.2. The van der Waals surface area contributed by atoms with Crippen LogP contribution < -0.4 is 11.1 Å². The lowest BCUT2D eigenvalue weighted by atomic mass is 9.77. The van der Waals surface area contributed by atoms with Gasteiger partial charge in [-0.3, -0.25) is 4.79 Å². The van der Waals surface area contributed by atoms with Crippen molar-refractivity contribution >= 4 is 17.4 Å². The summed E-state index contributed by atoms with van der Waals surface area (Å²) in [5.41, 5.74) is 5.31. The fourth-order valence-corrected chi connectivity index (χ4v) is 2.38. The Balaban J connectivity index is 2.07. The van der Waals surface area contributed by atoms with E-state index in [0.717, 1.165) is 25.3 Å². The molecule has 7 heteroatoms. The fourth-order valence-electron chi connectivity index (χ4n) is 2.38. The highest BCUT2D eigenvalue weighted by atomic mass is 19.1. The zero-order valence-electron chi connectivity index (χ0n) is 11.7. The number of nitrogens with two attached hydrogens (primary N) is 1. The topological polar surface area (TPSA) is 96.9 Å². The lowest BCUT2D eigenvalue weighted by molar-refractivity contribution is -0.129. The van der Waals surface area contributed by atoms with E-state index in [2.05, 4.69) is 10.5 Å². The molecule has 2 rings (SSSR count). The summed E-state index contributed by atoms with van der Waals surface area (Å²) < 4.78 is 18.9. The normalized spacial score (nSPS) is 17.1. The molecule has 0 aromatic heterocycles. The van der Waals surface area contributed by atoms with Crippen molar-refractivity contribution < 1.29 is 19.1 Å². The molecule has 114 valence electrons. The van der Waals surface area contributed by atoms with E-state index >= 15 is 0 Å². The maximum Gasteiger partial charge on any atom is 0.227 e. The first-order valence-electron chi connectivity index (χ1n) is 6.62. The number of carbonyl (C=O) groups excluding carboxylic acids is 1. The van der Waals surface area contributed by atoms with Crippen LogP contribution in [-0.2, 0) is 9.53 Å². The van der Waals surface area contributed by atoms with Gasteiger partial charge in [-0.1, -0.05) is 5.16 Å². The third-order valence-electron chi connectivity index (χ3n) is 3.81. The molecule has 0 bridgehead atoms. The van der Waals surface area contributed by atoms with Gasteiger partial charge in [0.05, 0.1) is 17.6 Å². The zero-order valence-corrected chi connectivity index (χ0v) is 11.7. The van der Waals surface area contributed by atoms with E-state index in [-0.39, 0.29) is 29.3 Å². The molecule has 1 aromatic carbocycles. The number of halogens is 1. The smallest absolute Gasteiger partial charge is 0.227 e. The summed E-state index contributed by atoms with van der Waals surface area (Å²) in [5.74, 6) is -1.19. The molecular formula is C14H18FN3O3. The summed E-state index contributed by atoms with van der Waals surface area (Å²) in [6, 6.07) is 3.89. The van der Waals surface area contributed by atoms with Crippen molar-refractivity contribution in [1.82, 2.24) is 0 Å². The molecule has 0 atom stereocenters. The molecule has 6 nitrogen and oxygen atoms in total. The van der Waals surface area contributed by atoms with Crippen LogP contribution in [0.3, 0.4) is 0 Å². The molecule has 0 unspecified atom stereocenters. The van der Waals surface area contributed by atoms with E-state index in [1.54, 1.807) is 7.11 Å². The Labute approximate surface area is 121 Å². The maximum atomic E-state index is 13.5. The highest BCUT2D eigenvalue weighted by molar-refractivity contribution is 5.99. The summed E-state index contributed by atoms with van der Waals surface area (Å²) in [7, 11) is 1.60. The average molecular weight is 295 g/mol. The fraction of sp³-hybridized carbons (Fsp3) is 0.429. The van der Waals surface area contributed by atoms with Crippen LogP contribution in [0.5, 0.6) is 0 Å². The van der Waals surface area contributed by atoms with Gasteiger partial charge in [-0.25, -0.2) is 4.39 Å². The molecule has 4 N–H and O–H groups in total. The Morgan fingerprint density at radius 1 is 1.57 bits per heavy atom. The molecular weight excluding hydrogens is 277 g/mol. The number of carbonyl (C=O) groups is 1. The third-order valence-corrected chi connectivity index (χ3v) is 3.81. The van der Waals surface area contributed by atoms with Gasteiger partial charge in [-0.2, -0.15) is 0 Å². The number of amides is 1. The zero-order chi connectivity index (χ0) is 15.5. The number of oxime groups is 1. The number of methoxy groups -OCH3 is 1. The molecule has 0 spiro atoms. The van der Waals surface area contributed by atoms with Gasteiger partial charge in [0.15, 0.2) is 5.84 Å². The molecule has 1 aromatic rings. The summed E-state index contributed by atoms with van der Waals surface area (Å²) in [6.07, 6.45) is 3.01.